The number of nitrogens with two attached hydrogens (primary N) is 4. The maximum atomic E-state index is 13.2. The highest BCUT2D eigenvalue weighted by molar-refractivity contribution is 7.86. The summed E-state index contributed by atoms with van der Waals surface area (Å²) in [6.07, 6.45) is 2.18. The summed E-state index contributed by atoms with van der Waals surface area (Å²) in [4.78, 5) is 40.5. The lowest BCUT2D eigenvalue weighted by atomic mass is 9.99. The molecule has 8 aromatic rings. The van der Waals surface area contributed by atoms with Crippen LogP contribution in [0.25, 0.3) is 22.3 Å². The molecule has 6 aromatic carbocycles. The molecule has 83 heavy (non-hydrogen) atoms. The van der Waals surface area contributed by atoms with E-state index in [2.05, 4.69) is 41.2 Å². The molecule has 14 N–H and O–H groups in total. The minimum atomic E-state index is -4.88. The van der Waals surface area contributed by atoms with Gasteiger partial charge in [-0.1, -0.05) is 119 Å². The number of hydrogen-bond donors (Lipinski definition) is 10. The van der Waals surface area contributed by atoms with E-state index in [9.17, 15) is 34.2 Å². The Labute approximate surface area is 495 Å². The second-order valence-electron chi connectivity index (χ2n) is 17.5. The monoisotopic (exact) mass is 1270 g/mol. The Balaban J connectivity index is 0.000000246. The number of halogens is 6. The molecule has 0 aliphatic rings. The number of nitrogens with one attached hydrogen (secondary N) is 4. The first-order chi connectivity index (χ1) is 39.0. The topological polar surface area (TPSA) is 381 Å². The Morgan fingerprint density at radius 2 is 0.807 bits per heavy atom. The van der Waals surface area contributed by atoms with Crippen LogP contribution in [0.15, 0.2) is 143 Å². The van der Waals surface area contributed by atoms with Crippen LogP contribution in [-0.2, 0) is 69.6 Å². The molecule has 0 aliphatic carbocycles. The zero-order valence-electron chi connectivity index (χ0n) is 42.7. The van der Waals surface area contributed by atoms with Gasteiger partial charge < -0.3 is 44.2 Å². The van der Waals surface area contributed by atoms with Gasteiger partial charge in [-0.05, 0) is 120 Å². The summed E-state index contributed by atoms with van der Waals surface area (Å²) in [6.45, 7) is 0.394. The molecule has 31 heteroatoms. The number of amides is 4. The Hall–Kier alpha value is -7.99. The first kappa shape index (κ1) is 64.2. The highest BCUT2D eigenvalue weighted by atomic mass is 35.5. The van der Waals surface area contributed by atoms with Crippen molar-refractivity contribution in [3.63, 3.8) is 0 Å². The fourth-order valence-electron chi connectivity index (χ4n) is 7.87. The molecular formula is C52H48Cl4F2N12O10S3. The van der Waals surface area contributed by atoms with Crippen LogP contribution in [0.4, 0.5) is 52.3 Å². The zero-order valence-corrected chi connectivity index (χ0v) is 48.2. The molecule has 0 fully saturated rings. The van der Waals surface area contributed by atoms with E-state index in [1.165, 1.54) is 24.3 Å². The molecule has 0 radical (unpaired) electrons. The van der Waals surface area contributed by atoms with Gasteiger partial charge in [0.15, 0.2) is 0 Å². The number of aromatic nitrogens is 4. The van der Waals surface area contributed by atoms with Crippen LogP contribution in [0.1, 0.15) is 33.6 Å². The third kappa shape index (κ3) is 20.1. The van der Waals surface area contributed by atoms with Crippen LogP contribution < -0.4 is 44.2 Å². The lowest BCUT2D eigenvalue weighted by molar-refractivity contribution is 0.251. The van der Waals surface area contributed by atoms with E-state index < -0.39 is 52.7 Å². The fraction of sp³-hybridized carbons (Fsp3) is 0.115. The number of hydrogen-bond acceptors (Lipinski definition) is 16. The normalized spacial score (nSPS) is 11.3. The highest BCUT2D eigenvalue weighted by Gasteiger charge is 2.19. The summed E-state index contributed by atoms with van der Waals surface area (Å²) in [7, 11) is -14.4. The van der Waals surface area contributed by atoms with Crippen LogP contribution in [0, 0.1) is 0 Å². The number of benzene rings is 6. The van der Waals surface area contributed by atoms with Crippen molar-refractivity contribution < 1.29 is 51.7 Å². The summed E-state index contributed by atoms with van der Waals surface area (Å²) in [5, 5.41) is 11.9. The average Bonchev–Trinajstić information content (AvgIpc) is 3.60. The van der Waals surface area contributed by atoms with Crippen molar-refractivity contribution in [2.75, 3.05) is 33.6 Å². The molecule has 2 heterocycles. The van der Waals surface area contributed by atoms with Crippen molar-refractivity contribution in [1.29, 1.82) is 0 Å². The number of carbonyl (C=O) groups is 2. The molecule has 0 unspecified atom stereocenters. The number of anilines is 6. The number of aryl methyl sites for hydroxylation is 4. The molecule has 0 saturated carbocycles. The van der Waals surface area contributed by atoms with Crippen LogP contribution in [0.2, 0.25) is 20.1 Å². The second kappa shape index (κ2) is 28.3. The standard InChI is InChI=1S/2C26H23Cl2FN6O3S.H2O4S/c2*27-20-9-8-17(12-21(20)28)23-22(34-25(31)35-24(23)30)10-7-15-3-1-4-16(11-15)14-32-26(36)33-18-5-2-6-19(13-18)39(29,37)38;1-5(2,3)4/h2*1-6,8-9,11-13H,7,10,14H2,(H2,32,33,36)(H4,30,31,34,35);(H2,1,2,3,4). The maximum Gasteiger partial charge on any atom is 0.394 e. The molecule has 8 rings (SSSR count). The van der Waals surface area contributed by atoms with E-state index in [4.69, 9.17) is 86.9 Å². The van der Waals surface area contributed by atoms with Crippen molar-refractivity contribution >= 4 is 124 Å². The van der Waals surface area contributed by atoms with Crippen molar-refractivity contribution in [3.8, 4) is 22.3 Å². The Bertz CT molecular complexity index is 3820. The first-order valence-corrected chi connectivity index (χ1v) is 29.5. The smallest absolute Gasteiger partial charge is 0.383 e. The van der Waals surface area contributed by atoms with Gasteiger partial charge in [0.25, 0.3) is 0 Å². The highest BCUT2D eigenvalue weighted by Crippen LogP contribution is 2.35. The molecule has 0 spiro atoms. The van der Waals surface area contributed by atoms with Crippen molar-refractivity contribution in [1.82, 2.24) is 30.6 Å². The third-order valence-corrected chi connectivity index (χ3v) is 14.5. The van der Waals surface area contributed by atoms with E-state index in [1.54, 1.807) is 36.4 Å². The van der Waals surface area contributed by atoms with Gasteiger partial charge in [0.05, 0.1) is 31.5 Å². The van der Waals surface area contributed by atoms with Gasteiger partial charge in [-0.2, -0.15) is 35.2 Å². The fourth-order valence-corrected chi connectivity index (χ4v) is 9.48. The molecule has 2 aromatic heterocycles. The molecular weight excluding hydrogens is 1230 g/mol. The van der Waals surface area contributed by atoms with Gasteiger partial charge in [-0.15, -0.1) is 7.77 Å². The Morgan fingerprint density at radius 1 is 0.458 bits per heavy atom. The van der Waals surface area contributed by atoms with Crippen molar-refractivity contribution in [2.24, 2.45) is 0 Å². The summed E-state index contributed by atoms with van der Waals surface area (Å²) in [6, 6.07) is 34.2. The number of nitrogens with zero attached hydrogens (tertiary/aromatic N) is 4. The molecule has 436 valence electrons. The van der Waals surface area contributed by atoms with Gasteiger partial charge in [0.2, 0.25) is 11.9 Å². The summed E-state index contributed by atoms with van der Waals surface area (Å²) < 4.78 is 102. The van der Waals surface area contributed by atoms with E-state index >= 15 is 0 Å². The number of nitrogen functional groups attached to an aromatic ring is 4. The van der Waals surface area contributed by atoms with Crippen molar-refractivity contribution in [3.05, 3.63) is 187 Å². The van der Waals surface area contributed by atoms with Crippen LogP contribution in [0.5, 0.6) is 0 Å². The summed E-state index contributed by atoms with van der Waals surface area (Å²) >= 11 is 24.5. The number of carbonyl (C=O) groups excluding carboxylic acids is 2. The van der Waals surface area contributed by atoms with E-state index in [0.717, 1.165) is 57.6 Å². The quantitative estimate of drug-likeness (QED) is 0.0317. The Morgan fingerprint density at radius 3 is 1.16 bits per heavy atom. The average molecular weight is 1280 g/mol. The van der Waals surface area contributed by atoms with Crippen LogP contribution >= 0.6 is 46.4 Å². The van der Waals surface area contributed by atoms with Gasteiger partial charge in [-0.25, -0.2) is 19.6 Å². The van der Waals surface area contributed by atoms with E-state index in [1.807, 2.05) is 48.5 Å². The molecule has 0 bridgehead atoms. The van der Waals surface area contributed by atoms with Crippen molar-refractivity contribution in [2.45, 2.75) is 48.6 Å². The van der Waals surface area contributed by atoms with E-state index in [0.29, 0.717) is 68.3 Å². The summed E-state index contributed by atoms with van der Waals surface area (Å²) in [5.74, 6) is 0.582. The lowest BCUT2D eigenvalue weighted by Crippen LogP contribution is -2.28. The number of urea groups is 2. The number of rotatable bonds is 16. The first-order valence-electron chi connectivity index (χ1n) is 23.8. The van der Waals surface area contributed by atoms with Gasteiger partial charge in [0.1, 0.15) is 21.4 Å². The maximum absolute atomic E-state index is 13.2. The predicted molar refractivity (Wildman–Crippen MR) is 316 cm³/mol. The molecule has 0 atom stereocenters. The zero-order chi connectivity index (χ0) is 60.8. The van der Waals surface area contributed by atoms with Crippen LogP contribution in [0.3, 0.4) is 0 Å². The van der Waals surface area contributed by atoms with Gasteiger partial charge >= 0.3 is 42.9 Å². The lowest BCUT2D eigenvalue weighted by Gasteiger charge is -2.13. The van der Waals surface area contributed by atoms with E-state index in [-0.39, 0.29) is 48.0 Å². The summed E-state index contributed by atoms with van der Waals surface area (Å²) in [5.41, 5.74) is 32.0. The third-order valence-electron chi connectivity index (χ3n) is 11.4. The SMILES string of the molecule is Nc1nc(N)c(-c2ccc(Cl)c(Cl)c2)c(CCc2cccc(CNC(=O)Nc3cccc(S(=O)(=O)F)c3)c2)n1.Nc1nc(N)c(-c2ccc(Cl)c(Cl)c2)c(CCc2cccc(CNC(=O)Nc3cccc(S(=O)(=O)F)c3)c2)n1.O=S(=O)(O)O. The van der Waals surface area contributed by atoms with Gasteiger partial charge in [0, 0.05) is 35.6 Å². The van der Waals surface area contributed by atoms with Gasteiger partial charge in [-0.3, -0.25) is 9.11 Å². The largest absolute Gasteiger partial charge is 0.394 e. The second-order valence-corrected chi connectivity index (χ2v) is 22.7. The molecule has 0 aliphatic heterocycles. The molecule has 22 nitrogen and oxygen atoms in total. The molecule has 0 saturated heterocycles. The predicted octanol–water partition coefficient (Wildman–Crippen LogP) is 10.1. The van der Waals surface area contributed by atoms with Crippen LogP contribution in [-0.4, -0.2) is 66.4 Å². The minimum absolute atomic E-state index is 0.0601. The Kier molecular flexibility index (Phi) is 21.9. The molecule has 4 amide bonds. The minimum Gasteiger partial charge on any atom is -0.383 e.